The van der Waals surface area contributed by atoms with Gasteiger partial charge in [-0.05, 0) is 62.6 Å². The van der Waals surface area contributed by atoms with Crippen molar-refractivity contribution in [1.82, 2.24) is 15.1 Å². The molecule has 3 aromatic rings. The van der Waals surface area contributed by atoms with Crippen LogP contribution in [0.5, 0.6) is 0 Å². The summed E-state index contributed by atoms with van der Waals surface area (Å²) in [7, 11) is 0. The fourth-order valence-electron chi connectivity index (χ4n) is 2.97. The zero-order chi connectivity index (χ0) is 21.1. The molecule has 0 saturated heterocycles. The number of non-ortho nitro benzene ring substituents is 1. The van der Waals surface area contributed by atoms with E-state index in [1.807, 2.05) is 45.9 Å². The number of benzene rings is 2. The predicted octanol–water partition coefficient (Wildman–Crippen LogP) is 4.59. The van der Waals surface area contributed by atoms with Gasteiger partial charge < -0.3 is 5.32 Å². The molecule has 1 N–H and O–H groups in total. The Kier molecular flexibility index (Phi) is 5.77. The summed E-state index contributed by atoms with van der Waals surface area (Å²) in [6, 6.07) is 13.9. The highest BCUT2D eigenvalue weighted by Crippen LogP contribution is 2.25. The minimum atomic E-state index is -0.441. The molecule has 29 heavy (non-hydrogen) atoms. The SMILES string of the molecule is CC[C@H](C)NC(=O)c1cc(-c2ccc([N+](=O)[O-])cc2)nn1-c1cc(C)ccc1C. The lowest BCUT2D eigenvalue weighted by Crippen LogP contribution is -2.33. The number of rotatable bonds is 6. The van der Waals surface area contributed by atoms with Gasteiger partial charge >= 0.3 is 0 Å². The van der Waals surface area contributed by atoms with E-state index >= 15 is 0 Å². The minimum absolute atomic E-state index is 0.0115. The van der Waals surface area contributed by atoms with E-state index in [4.69, 9.17) is 0 Å². The molecule has 2 aromatic carbocycles. The van der Waals surface area contributed by atoms with Gasteiger partial charge in [0.05, 0.1) is 16.3 Å². The number of carbonyl (C=O) groups is 1. The van der Waals surface area contributed by atoms with E-state index in [1.165, 1.54) is 12.1 Å². The summed E-state index contributed by atoms with van der Waals surface area (Å²) in [5.41, 5.74) is 4.60. The van der Waals surface area contributed by atoms with Crippen LogP contribution in [0.1, 0.15) is 41.9 Å². The molecule has 7 heteroatoms. The Balaban J connectivity index is 2.11. The van der Waals surface area contributed by atoms with Gasteiger partial charge in [0.2, 0.25) is 0 Å². The van der Waals surface area contributed by atoms with E-state index < -0.39 is 4.92 Å². The van der Waals surface area contributed by atoms with Crippen LogP contribution in [0.15, 0.2) is 48.5 Å². The van der Waals surface area contributed by atoms with E-state index in [1.54, 1.807) is 22.9 Å². The number of aryl methyl sites for hydroxylation is 2. The molecular formula is C22H24N4O3. The summed E-state index contributed by atoms with van der Waals surface area (Å²) >= 11 is 0. The van der Waals surface area contributed by atoms with Gasteiger partial charge in [0.15, 0.2) is 0 Å². The Morgan fingerprint density at radius 1 is 1.17 bits per heavy atom. The molecule has 0 aliphatic carbocycles. The zero-order valence-electron chi connectivity index (χ0n) is 17.0. The van der Waals surface area contributed by atoms with Gasteiger partial charge in [-0.3, -0.25) is 14.9 Å². The molecule has 150 valence electrons. The van der Waals surface area contributed by atoms with E-state index in [9.17, 15) is 14.9 Å². The predicted molar refractivity (Wildman–Crippen MR) is 112 cm³/mol. The second-order valence-corrected chi connectivity index (χ2v) is 7.20. The van der Waals surface area contributed by atoms with E-state index in [-0.39, 0.29) is 17.6 Å². The number of hydrogen-bond acceptors (Lipinski definition) is 4. The Hall–Kier alpha value is -3.48. The maximum absolute atomic E-state index is 12.9. The van der Waals surface area contributed by atoms with E-state index in [0.717, 1.165) is 23.2 Å². The second-order valence-electron chi connectivity index (χ2n) is 7.20. The van der Waals surface area contributed by atoms with Gasteiger partial charge in [-0.15, -0.1) is 0 Å². The molecule has 0 bridgehead atoms. The number of nitrogens with zero attached hydrogens (tertiary/aromatic N) is 3. The first-order valence-electron chi connectivity index (χ1n) is 9.53. The van der Waals surface area contributed by atoms with Crippen molar-refractivity contribution in [2.45, 2.75) is 40.2 Å². The summed E-state index contributed by atoms with van der Waals surface area (Å²) in [4.78, 5) is 23.4. The Morgan fingerprint density at radius 3 is 2.48 bits per heavy atom. The average molecular weight is 392 g/mol. The van der Waals surface area contributed by atoms with Crippen molar-refractivity contribution in [3.63, 3.8) is 0 Å². The van der Waals surface area contributed by atoms with Crippen molar-refractivity contribution in [2.75, 3.05) is 0 Å². The molecule has 0 unspecified atom stereocenters. The fraction of sp³-hybridized carbons (Fsp3) is 0.273. The number of nitro groups is 1. The van der Waals surface area contributed by atoms with Crippen molar-refractivity contribution in [3.8, 4) is 16.9 Å². The summed E-state index contributed by atoms with van der Waals surface area (Å²) in [6.45, 7) is 7.92. The molecule has 1 aromatic heterocycles. The second kappa shape index (κ2) is 8.26. The van der Waals surface area contributed by atoms with E-state index in [0.29, 0.717) is 17.0 Å². The topological polar surface area (TPSA) is 90.1 Å². The third kappa shape index (κ3) is 4.34. The Morgan fingerprint density at radius 2 is 1.86 bits per heavy atom. The maximum Gasteiger partial charge on any atom is 0.270 e. The van der Waals surface area contributed by atoms with Crippen LogP contribution in [0.4, 0.5) is 5.69 Å². The van der Waals surface area contributed by atoms with Crippen molar-refractivity contribution in [3.05, 3.63) is 75.5 Å². The minimum Gasteiger partial charge on any atom is -0.348 e. The van der Waals surface area contributed by atoms with Crippen LogP contribution >= 0.6 is 0 Å². The van der Waals surface area contributed by atoms with Crippen LogP contribution < -0.4 is 5.32 Å². The number of hydrogen-bond donors (Lipinski definition) is 1. The lowest BCUT2D eigenvalue weighted by molar-refractivity contribution is -0.384. The highest BCUT2D eigenvalue weighted by Gasteiger charge is 2.20. The molecule has 0 fully saturated rings. The smallest absolute Gasteiger partial charge is 0.270 e. The van der Waals surface area contributed by atoms with E-state index in [2.05, 4.69) is 10.4 Å². The van der Waals surface area contributed by atoms with Gasteiger partial charge in [-0.25, -0.2) is 4.68 Å². The van der Waals surface area contributed by atoms with Crippen LogP contribution in [-0.2, 0) is 0 Å². The summed E-state index contributed by atoms with van der Waals surface area (Å²) in [5.74, 6) is -0.207. The molecule has 7 nitrogen and oxygen atoms in total. The van der Waals surface area contributed by atoms with Crippen LogP contribution in [0.2, 0.25) is 0 Å². The molecule has 0 aliphatic heterocycles. The van der Waals surface area contributed by atoms with Crippen molar-refractivity contribution < 1.29 is 9.72 Å². The maximum atomic E-state index is 12.9. The number of carbonyl (C=O) groups excluding carboxylic acids is 1. The van der Waals surface area contributed by atoms with Crippen LogP contribution in [-0.4, -0.2) is 26.7 Å². The van der Waals surface area contributed by atoms with Gasteiger partial charge in [-0.1, -0.05) is 19.1 Å². The third-order valence-electron chi connectivity index (χ3n) is 4.90. The Labute approximate surface area is 169 Å². The standard InChI is InChI=1S/C22H24N4O3/c1-5-16(4)23-22(27)21-13-19(17-8-10-18(11-9-17)26(28)29)24-25(21)20-12-14(2)6-7-15(20)3/h6-13,16H,5H2,1-4H3,(H,23,27)/t16-/m0/s1. The van der Waals surface area contributed by atoms with Crippen molar-refractivity contribution >= 4 is 11.6 Å². The molecule has 1 atom stereocenters. The van der Waals surface area contributed by atoms with Crippen LogP contribution in [0, 0.1) is 24.0 Å². The highest BCUT2D eigenvalue weighted by atomic mass is 16.6. The van der Waals surface area contributed by atoms with Gasteiger partial charge in [-0.2, -0.15) is 5.10 Å². The summed E-state index contributed by atoms with van der Waals surface area (Å²) < 4.78 is 1.65. The lowest BCUT2D eigenvalue weighted by Gasteiger charge is -2.14. The normalized spacial score (nSPS) is 11.9. The first-order chi connectivity index (χ1) is 13.8. The summed E-state index contributed by atoms with van der Waals surface area (Å²) in [6.07, 6.45) is 0.818. The molecule has 3 rings (SSSR count). The van der Waals surface area contributed by atoms with Crippen molar-refractivity contribution in [1.29, 1.82) is 0 Å². The number of aromatic nitrogens is 2. The molecule has 1 amide bonds. The first kappa shape index (κ1) is 20.3. The third-order valence-corrected chi connectivity index (χ3v) is 4.90. The monoisotopic (exact) mass is 392 g/mol. The van der Waals surface area contributed by atoms with Crippen LogP contribution in [0.25, 0.3) is 16.9 Å². The summed E-state index contributed by atoms with van der Waals surface area (Å²) in [5, 5.41) is 18.6. The molecule has 0 radical (unpaired) electrons. The van der Waals surface area contributed by atoms with Crippen LogP contribution in [0.3, 0.4) is 0 Å². The molecule has 0 saturated carbocycles. The van der Waals surface area contributed by atoms with Gasteiger partial charge in [0, 0.05) is 23.7 Å². The number of nitrogens with one attached hydrogen (secondary N) is 1. The zero-order valence-corrected chi connectivity index (χ0v) is 17.0. The number of amides is 1. The Bertz CT molecular complexity index is 1050. The first-order valence-corrected chi connectivity index (χ1v) is 9.53. The van der Waals surface area contributed by atoms with Crippen molar-refractivity contribution in [2.24, 2.45) is 0 Å². The molecular weight excluding hydrogens is 368 g/mol. The average Bonchev–Trinajstić information content (AvgIpc) is 3.15. The highest BCUT2D eigenvalue weighted by molar-refractivity contribution is 5.94. The quantitative estimate of drug-likeness (QED) is 0.491. The molecule has 1 heterocycles. The van der Waals surface area contributed by atoms with Gasteiger partial charge in [0.1, 0.15) is 5.69 Å². The number of nitro benzene ring substituents is 1. The largest absolute Gasteiger partial charge is 0.348 e. The molecule has 0 aliphatic rings. The molecule has 0 spiro atoms. The fourth-order valence-corrected chi connectivity index (χ4v) is 2.97. The lowest BCUT2D eigenvalue weighted by atomic mass is 10.1. The van der Waals surface area contributed by atoms with Gasteiger partial charge in [0.25, 0.3) is 11.6 Å².